The number of carbonyl (C=O) groups excluding carboxylic acids is 1. The smallest absolute Gasteiger partial charge is 0.310 e. The van der Waals surface area contributed by atoms with Crippen LogP contribution in [0.1, 0.15) is 28.3 Å². The fraction of sp³-hybridized carbons (Fsp3) is 0.385. The third-order valence-corrected chi connectivity index (χ3v) is 3.95. The van der Waals surface area contributed by atoms with Crippen molar-refractivity contribution in [3.8, 4) is 0 Å². The Labute approximate surface area is 116 Å². The van der Waals surface area contributed by atoms with Crippen LogP contribution in [0, 0.1) is 0 Å². The predicted molar refractivity (Wildman–Crippen MR) is 73.9 cm³/mol. The van der Waals surface area contributed by atoms with E-state index in [9.17, 15) is 4.79 Å². The summed E-state index contributed by atoms with van der Waals surface area (Å²) in [5.41, 5.74) is 1.13. The number of H-pyrrole nitrogens is 1. The summed E-state index contributed by atoms with van der Waals surface area (Å²) in [4.78, 5) is 13.4. The van der Waals surface area contributed by atoms with Gasteiger partial charge in [-0.1, -0.05) is 0 Å². The minimum absolute atomic E-state index is 0.201. The third-order valence-electron chi connectivity index (χ3n) is 2.87. The molecule has 19 heavy (non-hydrogen) atoms. The van der Waals surface area contributed by atoms with Crippen molar-refractivity contribution in [2.24, 2.45) is 0 Å². The van der Waals surface area contributed by atoms with Gasteiger partial charge in [0.15, 0.2) is 0 Å². The Bertz CT molecular complexity index is 522. The first-order valence-electron chi connectivity index (χ1n) is 6.05. The quantitative estimate of drug-likeness (QED) is 0.794. The second-order valence-electron chi connectivity index (χ2n) is 4.26. The van der Waals surface area contributed by atoms with E-state index in [-0.39, 0.29) is 12.0 Å². The van der Waals surface area contributed by atoms with E-state index in [2.05, 4.69) is 27.2 Å². The monoisotopic (exact) mass is 279 g/mol. The second kappa shape index (κ2) is 6.49. The highest BCUT2D eigenvalue weighted by molar-refractivity contribution is 7.12. The highest BCUT2D eigenvalue weighted by Crippen LogP contribution is 2.18. The molecule has 2 N–H and O–H groups in total. The summed E-state index contributed by atoms with van der Waals surface area (Å²) in [6, 6.07) is 4.25. The molecule has 0 aliphatic rings. The Morgan fingerprint density at radius 1 is 1.53 bits per heavy atom. The number of rotatable bonds is 6. The van der Waals surface area contributed by atoms with E-state index in [0.29, 0.717) is 6.42 Å². The summed E-state index contributed by atoms with van der Waals surface area (Å²) < 4.78 is 4.65. The van der Waals surface area contributed by atoms with Crippen LogP contribution in [-0.4, -0.2) is 23.3 Å². The van der Waals surface area contributed by atoms with Crippen molar-refractivity contribution in [2.45, 2.75) is 25.9 Å². The number of nitrogens with zero attached hydrogens (tertiary/aromatic N) is 1. The predicted octanol–water partition coefficient (Wildman–Crippen LogP) is 2.04. The Morgan fingerprint density at radius 2 is 2.32 bits per heavy atom. The Kier molecular flexibility index (Phi) is 4.70. The number of carbonyl (C=O) groups is 1. The van der Waals surface area contributed by atoms with Gasteiger partial charge < -0.3 is 10.1 Å². The van der Waals surface area contributed by atoms with Gasteiger partial charge >= 0.3 is 5.97 Å². The molecule has 1 unspecified atom stereocenters. The Morgan fingerprint density at radius 3 is 3.00 bits per heavy atom. The molecule has 0 saturated heterocycles. The zero-order valence-electron chi connectivity index (χ0n) is 11.0. The molecular weight excluding hydrogens is 262 g/mol. The molecule has 0 amide bonds. The molecule has 1 atom stereocenters. The van der Waals surface area contributed by atoms with Crippen LogP contribution in [-0.2, 0) is 22.5 Å². The number of methoxy groups -OCH3 is 1. The summed E-state index contributed by atoms with van der Waals surface area (Å²) >= 11 is 1.63. The van der Waals surface area contributed by atoms with Crippen LogP contribution in [0.5, 0.6) is 0 Å². The topological polar surface area (TPSA) is 67.0 Å². The number of ether oxygens (including phenoxy) is 1. The van der Waals surface area contributed by atoms with E-state index >= 15 is 0 Å². The van der Waals surface area contributed by atoms with Crippen LogP contribution >= 0.6 is 11.3 Å². The minimum Gasteiger partial charge on any atom is -0.469 e. The van der Waals surface area contributed by atoms with Gasteiger partial charge in [-0.05, 0) is 19.1 Å². The summed E-state index contributed by atoms with van der Waals surface area (Å²) in [5.74, 6) is -0.201. The molecule has 0 bridgehead atoms. The molecule has 2 heterocycles. The lowest BCUT2D eigenvalue weighted by Crippen LogP contribution is -2.16. The SMILES string of the molecule is COC(=O)Cc1ccc(CNC(C)c2cn[nH]c2)s1. The number of aromatic nitrogens is 2. The Balaban J connectivity index is 1.85. The molecule has 0 aliphatic heterocycles. The van der Waals surface area contributed by atoms with Crippen molar-refractivity contribution in [1.29, 1.82) is 0 Å². The average molecular weight is 279 g/mol. The van der Waals surface area contributed by atoms with Gasteiger partial charge in [0.1, 0.15) is 0 Å². The van der Waals surface area contributed by atoms with Crippen molar-refractivity contribution < 1.29 is 9.53 Å². The summed E-state index contributed by atoms with van der Waals surface area (Å²) in [5, 5.41) is 10.1. The van der Waals surface area contributed by atoms with Gasteiger partial charge in [0.05, 0.1) is 19.7 Å². The van der Waals surface area contributed by atoms with Crippen LogP contribution in [0.15, 0.2) is 24.5 Å². The van der Waals surface area contributed by atoms with Crippen LogP contribution in [0.2, 0.25) is 0 Å². The van der Waals surface area contributed by atoms with E-state index in [0.717, 1.165) is 17.0 Å². The maximum atomic E-state index is 11.2. The van der Waals surface area contributed by atoms with Crippen molar-refractivity contribution in [1.82, 2.24) is 15.5 Å². The number of aromatic amines is 1. The van der Waals surface area contributed by atoms with Gasteiger partial charge in [0.2, 0.25) is 0 Å². The number of hydrogen-bond donors (Lipinski definition) is 2. The lowest BCUT2D eigenvalue weighted by molar-refractivity contribution is -0.139. The third kappa shape index (κ3) is 3.90. The minimum atomic E-state index is -0.201. The summed E-state index contributed by atoms with van der Waals surface area (Å²) in [6.45, 7) is 2.87. The van der Waals surface area contributed by atoms with Gasteiger partial charge in [-0.2, -0.15) is 5.10 Å². The van der Waals surface area contributed by atoms with Gasteiger partial charge in [0, 0.05) is 34.1 Å². The molecule has 0 fully saturated rings. The summed E-state index contributed by atoms with van der Waals surface area (Å²) in [6.07, 6.45) is 4.04. The first-order chi connectivity index (χ1) is 9.19. The van der Waals surface area contributed by atoms with E-state index in [4.69, 9.17) is 0 Å². The molecule has 102 valence electrons. The maximum Gasteiger partial charge on any atom is 0.310 e. The van der Waals surface area contributed by atoms with Crippen molar-refractivity contribution in [3.63, 3.8) is 0 Å². The standard InChI is InChI=1S/C13H17N3O2S/c1-9(10-6-15-16-7-10)14-8-12-4-3-11(19-12)5-13(17)18-2/h3-4,6-7,9,14H,5,8H2,1-2H3,(H,15,16). The lowest BCUT2D eigenvalue weighted by Gasteiger charge is -2.10. The van der Waals surface area contributed by atoms with Gasteiger partial charge in [-0.25, -0.2) is 0 Å². The molecule has 2 aromatic rings. The van der Waals surface area contributed by atoms with Gasteiger partial charge in [-0.15, -0.1) is 11.3 Å². The van der Waals surface area contributed by atoms with E-state index in [1.165, 1.54) is 12.0 Å². The van der Waals surface area contributed by atoms with Crippen LogP contribution in [0.25, 0.3) is 0 Å². The maximum absolute atomic E-state index is 11.2. The number of hydrogen-bond acceptors (Lipinski definition) is 5. The average Bonchev–Trinajstić information content (AvgIpc) is 3.07. The molecule has 0 aliphatic carbocycles. The number of thiophene rings is 1. The largest absolute Gasteiger partial charge is 0.469 e. The molecule has 0 aromatic carbocycles. The van der Waals surface area contributed by atoms with Gasteiger partial charge in [-0.3, -0.25) is 9.89 Å². The fourth-order valence-corrected chi connectivity index (χ4v) is 2.65. The molecular formula is C13H17N3O2S. The lowest BCUT2D eigenvalue weighted by atomic mass is 10.2. The van der Waals surface area contributed by atoms with Crippen LogP contribution < -0.4 is 5.32 Å². The molecule has 0 radical (unpaired) electrons. The fourth-order valence-electron chi connectivity index (χ4n) is 1.70. The first-order valence-corrected chi connectivity index (χ1v) is 6.87. The van der Waals surface area contributed by atoms with E-state index < -0.39 is 0 Å². The highest BCUT2D eigenvalue weighted by Gasteiger charge is 2.08. The molecule has 2 aromatic heterocycles. The van der Waals surface area contributed by atoms with Gasteiger partial charge in [0.25, 0.3) is 0 Å². The van der Waals surface area contributed by atoms with E-state index in [1.54, 1.807) is 11.3 Å². The second-order valence-corrected chi connectivity index (χ2v) is 5.51. The first kappa shape index (κ1) is 13.8. The van der Waals surface area contributed by atoms with Crippen LogP contribution in [0.3, 0.4) is 0 Å². The number of nitrogens with one attached hydrogen (secondary N) is 2. The zero-order valence-corrected chi connectivity index (χ0v) is 11.8. The van der Waals surface area contributed by atoms with Crippen LogP contribution in [0.4, 0.5) is 0 Å². The normalized spacial score (nSPS) is 12.3. The Hall–Kier alpha value is -1.66. The van der Waals surface area contributed by atoms with Crippen molar-refractivity contribution in [3.05, 3.63) is 39.8 Å². The molecule has 0 spiro atoms. The van der Waals surface area contributed by atoms with Crippen molar-refractivity contribution in [2.75, 3.05) is 7.11 Å². The molecule has 5 nitrogen and oxygen atoms in total. The molecule has 6 heteroatoms. The molecule has 2 rings (SSSR count). The zero-order chi connectivity index (χ0) is 13.7. The van der Waals surface area contributed by atoms with E-state index in [1.807, 2.05) is 24.5 Å². The highest BCUT2D eigenvalue weighted by atomic mass is 32.1. The number of esters is 1. The van der Waals surface area contributed by atoms with Crippen molar-refractivity contribution >= 4 is 17.3 Å². The molecule has 0 saturated carbocycles. The summed E-state index contributed by atoms with van der Waals surface area (Å²) in [7, 11) is 1.41.